The molecule has 1 aliphatic rings. The Morgan fingerprint density at radius 2 is 1.74 bits per heavy atom. The van der Waals surface area contributed by atoms with Crippen LogP contribution >= 0.6 is 0 Å². The lowest BCUT2D eigenvalue weighted by Crippen LogP contribution is -3.30. The summed E-state index contributed by atoms with van der Waals surface area (Å²) >= 11 is 0. The summed E-state index contributed by atoms with van der Waals surface area (Å²) < 4.78 is 40.3. The van der Waals surface area contributed by atoms with Gasteiger partial charge in [0.2, 0.25) is 0 Å². The Morgan fingerprint density at radius 3 is 2.26 bits per heavy atom. The van der Waals surface area contributed by atoms with Gasteiger partial charge in [-0.2, -0.15) is 0 Å². The molecule has 10 heteroatoms. The van der Waals surface area contributed by atoms with Gasteiger partial charge in [-0.05, 0) is 31.2 Å². The van der Waals surface area contributed by atoms with Crippen LogP contribution in [-0.2, 0) is 9.59 Å². The molecule has 0 aromatic heterocycles. The molecule has 1 saturated heterocycles. The molecule has 7 nitrogen and oxygen atoms in total. The molecule has 2 rings (SSSR count). The Kier molecular flexibility index (Phi) is 7.03. The lowest BCUT2D eigenvalue weighted by molar-refractivity contribution is -1.01. The summed E-state index contributed by atoms with van der Waals surface area (Å²) in [6, 6.07) is 4.74. The van der Waals surface area contributed by atoms with Gasteiger partial charge >= 0.3 is 6.36 Å². The van der Waals surface area contributed by atoms with Crippen molar-refractivity contribution in [3.05, 3.63) is 24.3 Å². The molecule has 0 radical (unpaired) electrons. The Morgan fingerprint density at radius 1 is 1.15 bits per heavy atom. The number of anilines is 1. The first-order valence-corrected chi connectivity index (χ1v) is 8.73. The van der Waals surface area contributed by atoms with E-state index < -0.39 is 6.36 Å². The molecule has 0 spiro atoms. The number of hydrogen-bond donors (Lipinski definition) is 4. The van der Waals surface area contributed by atoms with Crippen molar-refractivity contribution >= 4 is 17.5 Å². The molecule has 1 heterocycles. The molecule has 1 atom stereocenters. The van der Waals surface area contributed by atoms with E-state index >= 15 is 0 Å². The van der Waals surface area contributed by atoms with Crippen LogP contribution in [-0.4, -0.2) is 64.0 Å². The van der Waals surface area contributed by atoms with E-state index in [-0.39, 0.29) is 23.6 Å². The normalized spacial score (nSPS) is 21.2. The van der Waals surface area contributed by atoms with Gasteiger partial charge in [-0.15, -0.1) is 13.2 Å². The van der Waals surface area contributed by atoms with Gasteiger partial charge in [-0.3, -0.25) is 9.59 Å². The van der Waals surface area contributed by atoms with Crippen LogP contribution in [0.4, 0.5) is 18.9 Å². The number of ether oxygens (including phenoxy) is 1. The molecular formula is C17H25F3N4O3+2. The second-order valence-electron chi connectivity index (χ2n) is 6.54. The van der Waals surface area contributed by atoms with E-state index in [4.69, 9.17) is 0 Å². The van der Waals surface area contributed by atoms with Crippen LogP contribution in [0.5, 0.6) is 5.75 Å². The van der Waals surface area contributed by atoms with Crippen molar-refractivity contribution < 1.29 is 37.3 Å². The Balaban J connectivity index is 1.83. The standard InChI is InChI=1S/C17H23F3N4O3/c1-12(24-9-7-23(8-10-24)11-15(25)21-2)16(26)22-13-3-5-14(6-4-13)27-17(18,19)20/h3-6,12H,7-11H2,1-2H3,(H,21,25)(H,22,26)/p+2/t12-/m1/s1. The van der Waals surface area contributed by atoms with E-state index in [9.17, 15) is 22.8 Å². The van der Waals surface area contributed by atoms with Gasteiger partial charge in [-0.25, -0.2) is 0 Å². The fraction of sp³-hybridized carbons (Fsp3) is 0.529. The summed E-state index contributed by atoms with van der Waals surface area (Å²) in [4.78, 5) is 26.2. The number of halogens is 3. The van der Waals surface area contributed by atoms with E-state index in [0.29, 0.717) is 12.2 Å². The zero-order valence-corrected chi connectivity index (χ0v) is 15.3. The van der Waals surface area contributed by atoms with E-state index in [0.717, 1.165) is 43.2 Å². The second-order valence-corrected chi connectivity index (χ2v) is 6.54. The summed E-state index contributed by atoms with van der Waals surface area (Å²) in [6.45, 7) is 5.36. The first kappa shape index (κ1) is 21.0. The fourth-order valence-electron chi connectivity index (χ4n) is 3.03. The minimum atomic E-state index is -4.75. The zero-order valence-electron chi connectivity index (χ0n) is 15.3. The van der Waals surface area contributed by atoms with Crippen LogP contribution in [0.15, 0.2) is 24.3 Å². The third-order valence-electron chi connectivity index (χ3n) is 4.65. The van der Waals surface area contributed by atoms with E-state index in [1.807, 2.05) is 6.92 Å². The first-order valence-electron chi connectivity index (χ1n) is 8.73. The third kappa shape index (κ3) is 6.72. The van der Waals surface area contributed by atoms with Crippen molar-refractivity contribution in [3.63, 3.8) is 0 Å². The summed E-state index contributed by atoms with van der Waals surface area (Å²) in [5.74, 6) is -0.546. The highest BCUT2D eigenvalue weighted by molar-refractivity contribution is 5.93. The molecule has 0 aliphatic carbocycles. The van der Waals surface area contributed by atoms with E-state index in [1.165, 1.54) is 17.0 Å². The number of nitrogens with one attached hydrogen (secondary N) is 4. The van der Waals surface area contributed by atoms with Crippen molar-refractivity contribution in [3.8, 4) is 5.75 Å². The average Bonchev–Trinajstić information content (AvgIpc) is 2.62. The average molecular weight is 390 g/mol. The number of quaternary nitrogens is 2. The largest absolute Gasteiger partial charge is 0.573 e. The Labute approximate surface area is 155 Å². The number of carbonyl (C=O) groups is 2. The number of amides is 2. The molecule has 2 amide bonds. The maximum atomic E-state index is 12.4. The number of piperazine rings is 1. The molecule has 0 unspecified atom stereocenters. The fourth-order valence-corrected chi connectivity index (χ4v) is 3.03. The van der Waals surface area contributed by atoms with Crippen molar-refractivity contribution in [1.82, 2.24) is 5.32 Å². The predicted molar refractivity (Wildman–Crippen MR) is 91.5 cm³/mol. The summed E-state index contributed by atoms with van der Waals surface area (Å²) in [5, 5.41) is 5.32. The molecule has 150 valence electrons. The number of hydrogen-bond acceptors (Lipinski definition) is 3. The van der Waals surface area contributed by atoms with Crippen LogP contribution in [0.3, 0.4) is 0 Å². The third-order valence-corrected chi connectivity index (χ3v) is 4.65. The Bertz CT molecular complexity index is 644. The maximum absolute atomic E-state index is 12.4. The van der Waals surface area contributed by atoms with Crippen molar-refractivity contribution in [1.29, 1.82) is 0 Å². The summed E-state index contributed by atoms with van der Waals surface area (Å²) in [7, 11) is 1.61. The summed E-state index contributed by atoms with van der Waals surface area (Å²) in [6.07, 6.45) is -4.75. The molecule has 1 aliphatic heterocycles. The monoisotopic (exact) mass is 390 g/mol. The van der Waals surface area contributed by atoms with E-state index in [1.54, 1.807) is 7.05 Å². The van der Waals surface area contributed by atoms with Gasteiger partial charge in [0.1, 0.15) is 31.9 Å². The number of benzene rings is 1. The van der Waals surface area contributed by atoms with Gasteiger partial charge in [0.15, 0.2) is 12.6 Å². The van der Waals surface area contributed by atoms with Crippen molar-refractivity contribution in [2.45, 2.75) is 19.3 Å². The van der Waals surface area contributed by atoms with Crippen LogP contribution < -0.4 is 25.2 Å². The first-order chi connectivity index (χ1) is 12.7. The number of likely N-dealkylation sites (N-methyl/N-ethyl adjacent to an activating group) is 1. The second kappa shape index (κ2) is 9.05. The molecule has 27 heavy (non-hydrogen) atoms. The summed E-state index contributed by atoms with van der Waals surface area (Å²) in [5.41, 5.74) is 0.407. The predicted octanol–water partition coefficient (Wildman–Crippen LogP) is -1.56. The van der Waals surface area contributed by atoms with Crippen LogP contribution in [0.1, 0.15) is 6.92 Å². The van der Waals surface area contributed by atoms with Crippen LogP contribution in [0.2, 0.25) is 0 Å². The van der Waals surface area contributed by atoms with E-state index in [2.05, 4.69) is 15.4 Å². The maximum Gasteiger partial charge on any atom is 0.573 e. The zero-order chi connectivity index (χ0) is 20.0. The van der Waals surface area contributed by atoms with Crippen LogP contribution in [0.25, 0.3) is 0 Å². The minimum absolute atomic E-state index is 0.00260. The molecule has 4 N–H and O–H groups in total. The molecule has 0 bridgehead atoms. The molecular weight excluding hydrogens is 365 g/mol. The highest BCUT2D eigenvalue weighted by atomic mass is 19.4. The van der Waals surface area contributed by atoms with Gasteiger partial charge in [0, 0.05) is 12.7 Å². The number of rotatable bonds is 6. The van der Waals surface area contributed by atoms with Crippen molar-refractivity contribution in [2.75, 3.05) is 45.1 Å². The van der Waals surface area contributed by atoms with Gasteiger partial charge in [0.25, 0.3) is 11.8 Å². The molecule has 1 fully saturated rings. The van der Waals surface area contributed by atoms with Gasteiger partial charge < -0.3 is 25.2 Å². The highest BCUT2D eigenvalue weighted by Gasteiger charge is 2.32. The van der Waals surface area contributed by atoms with Crippen molar-refractivity contribution in [2.24, 2.45) is 0 Å². The minimum Gasteiger partial charge on any atom is -0.406 e. The topological polar surface area (TPSA) is 76.3 Å². The molecule has 1 aromatic carbocycles. The SMILES string of the molecule is CNC(=O)C[NH+]1CC[NH+]([C@H](C)C(=O)Nc2ccc(OC(F)(F)F)cc2)CC1. The number of carbonyl (C=O) groups excluding carboxylic acids is 2. The Hall–Kier alpha value is -2.33. The highest BCUT2D eigenvalue weighted by Crippen LogP contribution is 2.23. The quantitative estimate of drug-likeness (QED) is 0.475. The lowest BCUT2D eigenvalue weighted by Gasteiger charge is -2.32. The van der Waals surface area contributed by atoms with Gasteiger partial charge in [0.05, 0.1) is 0 Å². The lowest BCUT2D eigenvalue weighted by atomic mass is 10.2. The number of alkyl halides is 3. The molecule has 0 saturated carbocycles. The smallest absolute Gasteiger partial charge is 0.406 e. The van der Waals surface area contributed by atoms with Crippen LogP contribution in [0, 0.1) is 0 Å². The van der Waals surface area contributed by atoms with Gasteiger partial charge in [-0.1, -0.05) is 0 Å². The molecule has 1 aromatic rings.